The first-order valence-corrected chi connectivity index (χ1v) is 10.1. The van der Waals surface area contributed by atoms with Gasteiger partial charge in [-0.2, -0.15) is 0 Å². The molecule has 6 heteroatoms. The molecule has 160 valence electrons. The van der Waals surface area contributed by atoms with E-state index in [0.29, 0.717) is 28.4 Å². The van der Waals surface area contributed by atoms with E-state index >= 15 is 0 Å². The first-order valence-electron chi connectivity index (χ1n) is 10.1. The van der Waals surface area contributed by atoms with Gasteiger partial charge in [0.05, 0.1) is 7.11 Å². The summed E-state index contributed by atoms with van der Waals surface area (Å²) in [6.07, 6.45) is 0. The highest BCUT2D eigenvalue weighted by molar-refractivity contribution is 6.05. The molecular formula is C26H22N2O4. The van der Waals surface area contributed by atoms with E-state index in [1.807, 2.05) is 42.5 Å². The Kier molecular flexibility index (Phi) is 6.32. The highest BCUT2D eigenvalue weighted by Gasteiger charge is 2.10. The number of hydrogen-bond donors (Lipinski definition) is 2. The SMILES string of the molecule is COc1ccc(NC(=O)c2cccc(NC(=O)COc3cccc4ccccc34)c2)cc1. The van der Waals surface area contributed by atoms with Crippen LogP contribution in [0.4, 0.5) is 11.4 Å². The van der Waals surface area contributed by atoms with Gasteiger partial charge in [0.2, 0.25) is 0 Å². The lowest BCUT2D eigenvalue weighted by Gasteiger charge is -2.11. The molecule has 32 heavy (non-hydrogen) atoms. The highest BCUT2D eigenvalue weighted by Crippen LogP contribution is 2.25. The molecule has 0 bridgehead atoms. The van der Waals surface area contributed by atoms with Crippen molar-refractivity contribution in [1.82, 2.24) is 0 Å². The lowest BCUT2D eigenvalue weighted by Crippen LogP contribution is -2.20. The number of carbonyl (C=O) groups is 2. The minimum absolute atomic E-state index is 0.143. The quantitative estimate of drug-likeness (QED) is 0.430. The molecule has 0 heterocycles. The maximum Gasteiger partial charge on any atom is 0.262 e. The van der Waals surface area contributed by atoms with Crippen molar-refractivity contribution in [2.45, 2.75) is 0 Å². The Morgan fingerprint density at radius 3 is 2.34 bits per heavy atom. The van der Waals surface area contributed by atoms with Gasteiger partial charge in [-0.25, -0.2) is 0 Å². The minimum atomic E-state index is -0.314. The van der Waals surface area contributed by atoms with Gasteiger partial charge in [0.1, 0.15) is 11.5 Å². The predicted octanol–water partition coefficient (Wildman–Crippen LogP) is 5.12. The largest absolute Gasteiger partial charge is 0.497 e. The van der Waals surface area contributed by atoms with Gasteiger partial charge in [-0.3, -0.25) is 9.59 Å². The topological polar surface area (TPSA) is 76.7 Å². The third-order valence-electron chi connectivity index (χ3n) is 4.86. The van der Waals surface area contributed by atoms with E-state index in [4.69, 9.17) is 9.47 Å². The standard InChI is InChI=1S/C26H22N2O4/c1-31-22-14-12-20(13-15-22)28-26(30)19-8-4-9-21(16-19)27-25(29)17-32-24-11-5-7-18-6-2-3-10-23(18)24/h2-16H,17H2,1H3,(H,27,29)(H,28,30). The molecule has 0 aliphatic heterocycles. The summed E-state index contributed by atoms with van der Waals surface area (Å²) >= 11 is 0. The van der Waals surface area contributed by atoms with Crippen LogP contribution in [0, 0.1) is 0 Å². The molecule has 4 rings (SSSR count). The van der Waals surface area contributed by atoms with E-state index < -0.39 is 0 Å². The lowest BCUT2D eigenvalue weighted by atomic mass is 10.1. The van der Waals surface area contributed by atoms with Gasteiger partial charge in [0, 0.05) is 22.3 Å². The number of ether oxygens (including phenoxy) is 2. The maximum atomic E-state index is 12.6. The van der Waals surface area contributed by atoms with E-state index in [9.17, 15) is 9.59 Å². The summed E-state index contributed by atoms with van der Waals surface area (Å²) in [5.74, 6) is 0.758. The first kappa shape index (κ1) is 20.9. The average Bonchev–Trinajstić information content (AvgIpc) is 2.83. The molecule has 0 aliphatic carbocycles. The normalized spacial score (nSPS) is 10.4. The monoisotopic (exact) mass is 426 g/mol. The Labute approximate surface area is 185 Å². The fraction of sp³-hybridized carbons (Fsp3) is 0.0769. The second-order valence-corrected chi connectivity index (χ2v) is 7.08. The molecule has 0 atom stereocenters. The van der Waals surface area contributed by atoms with Gasteiger partial charge in [-0.1, -0.05) is 42.5 Å². The van der Waals surface area contributed by atoms with E-state index in [2.05, 4.69) is 10.6 Å². The molecule has 0 aliphatic rings. The number of fused-ring (bicyclic) bond motifs is 1. The van der Waals surface area contributed by atoms with Crippen LogP contribution in [0.5, 0.6) is 11.5 Å². The van der Waals surface area contributed by atoms with Gasteiger partial charge in [-0.05, 0) is 53.9 Å². The summed E-state index contributed by atoms with van der Waals surface area (Å²) < 4.78 is 10.8. The highest BCUT2D eigenvalue weighted by atomic mass is 16.5. The third kappa shape index (κ3) is 5.05. The molecule has 0 spiro atoms. The Hall–Kier alpha value is -4.32. The van der Waals surface area contributed by atoms with E-state index in [1.54, 1.807) is 55.6 Å². The number of amides is 2. The van der Waals surface area contributed by atoms with Crippen molar-refractivity contribution in [2.75, 3.05) is 24.4 Å². The molecule has 4 aromatic carbocycles. The molecule has 0 unspecified atom stereocenters. The van der Waals surface area contributed by atoms with Gasteiger partial charge in [0.25, 0.3) is 11.8 Å². The molecule has 0 radical (unpaired) electrons. The number of rotatable bonds is 7. The van der Waals surface area contributed by atoms with Crippen molar-refractivity contribution >= 4 is 34.0 Å². The summed E-state index contributed by atoms with van der Waals surface area (Å²) in [7, 11) is 1.58. The second kappa shape index (κ2) is 9.66. The van der Waals surface area contributed by atoms with Gasteiger partial charge < -0.3 is 20.1 Å². The Balaban J connectivity index is 1.37. The third-order valence-corrected chi connectivity index (χ3v) is 4.86. The maximum absolute atomic E-state index is 12.6. The van der Waals surface area contributed by atoms with Crippen molar-refractivity contribution in [3.63, 3.8) is 0 Å². The van der Waals surface area contributed by atoms with Gasteiger partial charge >= 0.3 is 0 Å². The molecule has 0 fully saturated rings. The first-order chi connectivity index (χ1) is 15.6. The summed E-state index contributed by atoms with van der Waals surface area (Å²) in [5.41, 5.74) is 1.58. The fourth-order valence-corrected chi connectivity index (χ4v) is 3.28. The molecule has 0 saturated carbocycles. The van der Waals surface area contributed by atoms with Crippen LogP contribution in [-0.2, 0) is 4.79 Å². The molecule has 6 nitrogen and oxygen atoms in total. The van der Waals surface area contributed by atoms with Crippen molar-refractivity contribution in [2.24, 2.45) is 0 Å². The summed E-state index contributed by atoms with van der Waals surface area (Å²) in [6.45, 7) is -0.143. The zero-order valence-electron chi connectivity index (χ0n) is 17.5. The van der Waals surface area contributed by atoms with E-state index in [-0.39, 0.29) is 18.4 Å². The Bertz CT molecular complexity index is 1250. The number of benzene rings is 4. The van der Waals surface area contributed by atoms with Crippen LogP contribution >= 0.6 is 0 Å². The minimum Gasteiger partial charge on any atom is -0.497 e. The number of anilines is 2. The summed E-state index contributed by atoms with van der Waals surface area (Å²) in [4.78, 5) is 25.0. The fourth-order valence-electron chi connectivity index (χ4n) is 3.28. The van der Waals surface area contributed by atoms with Gasteiger partial charge in [-0.15, -0.1) is 0 Å². The Morgan fingerprint density at radius 1 is 0.781 bits per heavy atom. The zero-order valence-corrected chi connectivity index (χ0v) is 17.5. The smallest absolute Gasteiger partial charge is 0.262 e. The van der Waals surface area contributed by atoms with Crippen LogP contribution in [0.3, 0.4) is 0 Å². The molecule has 0 saturated heterocycles. The van der Waals surface area contributed by atoms with Crippen molar-refractivity contribution < 1.29 is 19.1 Å². The van der Waals surface area contributed by atoms with Crippen molar-refractivity contribution in [3.05, 3.63) is 96.6 Å². The lowest BCUT2D eigenvalue weighted by molar-refractivity contribution is -0.118. The van der Waals surface area contributed by atoms with Crippen LogP contribution in [0.2, 0.25) is 0 Å². The van der Waals surface area contributed by atoms with Crippen LogP contribution in [-0.4, -0.2) is 25.5 Å². The van der Waals surface area contributed by atoms with Crippen LogP contribution in [0.15, 0.2) is 91.0 Å². The average molecular weight is 426 g/mol. The Morgan fingerprint density at radius 2 is 1.53 bits per heavy atom. The van der Waals surface area contributed by atoms with Crippen LogP contribution < -0.4 is 20.1 Å². The number of carbonyl (C=O) groups excluding carboxylic acids is 2. The molecule has 4 aromatic rings. The van der Waals surface area contributed by atoms with E-state index in [0.717, 1.165) is 10.8 Å². The van der Waals surface area contributed by atoms with E-state index in [1.165, 1.54) is 0 Å². The van der Waals surface area contributed by atoms with Crippen molar-refractivity contribution in [3.8, 4) is 11.5 Å². The van der Waals surface area contributed by atoms with Crippen LogP contribution in [0.1, 0.15) is 10.4 Å². The molecule has 2 N–H and O–H groups in total. The number of methoxy groups -OCH3 is 1. The zero-order chi connectivity index (χ0) is 22.3. The van der Waals surface area contributed by atoms with Crippen LogP contribution in [0.25, 0.3) is 10.8 Å². The molecular weight excluding hydrogens is 404 g/mol. The number of hydrogen-bond acceptors (Lipinski definition) is 4. The predicted molar refractivity (Wildman–Crippen MR) is 125 cm³/mol. The summed E-state index contributed by atoms with van der Waals surface area (Å²) in [6, 6.07) is 27.3. The van der Waals surface area contributed by atoms with Gasteiger partial charge in [0.15, 0.2) is 6.61 Å². The number of nitrogens with one attached hydrogen (secondary N) is 2. The summed E-state index contributed by atoms with van der Waals surface area (Å²) in [5, 5.41) is 7.58. The molecule has 0 aromatic heterocycles. The molecule has 2 amide bonds. The second-order valence-electron chi connectivity index (χ2n) is 7.08. The van der Waals surface area contributed by atoms with Crippen molar-refractivity contribution in [1.29, 1.82) is 0 Å².